The van der Waals surface area contributed by atoms with E-state index in [0.29, 0.717) is 18.1 Å². The van der Waals surface area contributed by atoms with Crippen LogP contribution < -0.4 is 10.6 Å². The summed E-state index contributed by atoms with van der Waals surface area (Å²) in [6, 6.07) is 0. The van der Waals surface area contributed by atoms with Gasteiger partial charge in [-0.1, -0.05) is 0 Å². The monoisotopic (exact) mass is 200 g/mol. The molecular formula is C9H16N2OS. The molecule has 2 rings (SSSR count). The van der Waals surface area contributed by atoms with Crippen molar-refractivity contribution in [3.05, 3.63) is 0 Å². The molecule has 3 nitrogen and oxygen atoms in total. The van der Waals surface area contributed by atoms with Gasteiger partial charge in [-0.3, -0.25) is 0 Å². The van der Waals surface area contributed by atoms with Crippen molar-refractivity contribution in [2.75, 3.05) is 13.6 Å². The van der Waals surface area contributed by atoms with E-state index < -0.39 is 0 Å². The summed E-state index contributed by atoms with van der Waals surface area (Å²) in [4.78, 5) is 0. The molecule has 3 atom stereocenters. The van der Waals surface area contributed by atoms with Crippen LogP contribution in [0.5, 0.6) is 0 Å². The van der Waals surface area contributed by atoms with E-state index in [1.165, 1.54) is 19.3 Å². The smallest absolute Gasteiger partial charge is 0.166 e. The van der Waals surface area contributed by atoms with Crippen LogP contribution in [-0.4, -0.2) is 30.9 Å². The average Bonchev–Trinajstić information content (AvgIpc) is 2.74. The molecule has 0 aromatic heterocycles. The van der Waals surface area contributed by atoms with Crippen molar-refractivity contribution in [1.82, 2.24) is 10.6 Å². The van der Waals surface area contributed by atoms with E-state index in [4.69, 9.17) is 17.0 Å². The fourth-order valence-electron chi connectivity index (χ4n) is 2.27. The van der Waals surface area contributed by atoms with E-state index >= 15 is 0 Å². The lowest BCUT2D eigenvalue weighted by molar-refractivity contribution is 0.0931. The second-order valence-electron chi connectivity index (χ2n) is 3.83. The first-order chi connectivity index (χ1) is 6.29. The Kier molecular flexibility index (Phi) is 2.69. The predicted octanol–water partition coefficient (Wildman–Crippen LogP) is 0.648. The molecule has 0 amide bonds. The fourth-order valence-corrected chi connectivity index (χ4v) is 2.35. The molecule has 0 saturated carbocycles. The Labute approximate surface area is 84.2 Å². The Bertz CT molecular complexity index is 210. The van der Waals surface area contributed by atoms with Gasteiger partial charge in [0.05, 0.1) is 12.2 Å². The van der Waals surface area contributed by atoms with Gasteiger partial charge in [0.2, 0.25) is 0 Å². The van der Waals surface area contributed by atoms with E-state index in [9.17, 15) is 0 Å². The summed E-state index contributed by atoms with van der Waals surface area (Å²) >= 11 is 5.01. The van der Waals surface area contributed by atoms with Gasteiger partial charge in [-0.25, -0.2) is 0 Å². The Morgan fingerprint density at radius 2 is 2.38 bits per heavy atom. The molecule has 0 aromatic carbocycles. The van der Waals surface area contributed by atoms with Gasteiger partial charge in [-0.2, -0.15) is 0 Å². The topological polar surface area (TPSA) is 33.3 Å². The van der Waals surface area contributed by atoms with Gasteiger partial charge in [0.1, 0.15) is 0 Å². The first kappa shape index (κ1) is 9.21. The molecular weight excluding hydrogens is 184 g/mol. The molecule has 2 aliphatic rings. The highest BCUT2D eigenvalue weighted by Crippen LogP contribution is 2.38. The number of hydrogen-bond donors (Lipinski definition) is 2. The van der Waals surface area contributed by atoms with Crippen LogP contribution in [0.1, 0.15) is 19.3 Å². The first-order valence-corrected chi connectivity index (χ1v) is 5.31. The summed E-state index contributed by atoms with van der Waals surface area (Å²) in [5.41, 5.74) is 0. The van der Waals surface area contributed by atoms with Crippen LogP contribution >= 0.6 is 12.2 Å². The van der Waals surface area contributed by atoms with Crippen LogP contribution in [0.15, 0.2) is 0 Å². The van der Waals surface area contributed by atoms with Crippen molar-refractivity contribution in [3.8, 4) is 0 Å². The third kappa shape index (κ3) is 1.94. The maximum Gasteiger partial charge on any atom is 0.166 e. The summed E-state index contributed by atoms with van der Waals surface area (Å²) in [6.07, 6.45) is 4.75. The number of thiocarbonyl (C=S) groups is 1. The zero-order valence-electron chi connectivity index (χ0n) is 7.88. The van der Waals surface area contributed by atoms with Gasteiger partial charge >= 0.3 is 0 Å². The highest BCUT2D eigenvalue weighted by atomic mass is 32.1. The van der Waals surface area contributed by atoms with Crippen molar-refractivity contribution >= 4 is 17.3 Å². The molecule has 13 heavy (non-hydrogen) atoms. The third-order valence-corrected chi connectivity index (χ3v) is 3.33. The van der Waals surface area contributed by atoms with E-state index in [1.54, 1.807) is 0 Å². The molecule has 2 bridgehead atoms. The van der Waals surface area contributed by atoms with Crippen LogP contribution in [-0.2, 0) is 4.74 Å². The molecule has 2 saturated heterocycles. The zero-order chi connectivity index (χ0) is 9.26. The number of ether oxygens (including phenoxy) is 1. The van der Waals surface area contributed by atoms with Gasteiger partial charge in [-0.15, -0.1) is 0 Å². The van der Waals surface area contributed by atoms with Gasteiger partial charge in [0.25, 0.3) is 0 Å². The molecule has 0 radical (unpaired) electrons. The SMILES string of the molecule is CNC(=S)NC[C@H]1C[C@H]2CC[C@@H]1O2. The van der Waals surface area contributed by atoms with Gasteiger partial charge < -0.3 is 15.4 Å². The molecule has 0 unspecified atom stereocenters. The fraction of sp³-hybridized carbons (Fsp3) is 0.889. The lowest BCUT2D eigenvalue weighted by atomic mass is 9.89. The van der Waals surface area contributed by atoms with Crippen molar-refractivity contribution in [3.63, 3.8) is 0 Å². The second kappa shape index (κ2) is 3.80. The quantitative estimate of drug-likeness (QED) is 0.641. The highest BCUT2D eigenvalue weighted by Gasteiger charge is 2.40. The standard InChI is InChI=1S/C9H16N2OS/c1-10-9(13)11-5-6-4-7-2-3-8(6)12-7/h6-8H,2-5H2,1H3,(H2,10,11,13)/t6-,7-,8+/m1/s1. The molecule has 2 aliphatic heterocycles. The van der Waals surface area contributed by atoms with Crippen molar-refractivity contribution < 1.29 is 4.74 Å². The minimum absolute atomic E-state index is 0.497. The second-order valence-corrected chi connectivity index (χ2v) is 4.24. The zero-order valence-corrected chi connectivity index (χ0v) is 8.69. The largest absolute Gasteiger partial charge is 0.375 e. The Balaban J connectivity index is 1.74. The summed E-state index contributed by atoms with van der Waals surface area (Å²) in [5, 5.41) is 6.85. The predicted molar refractivity (Wildman–Crippen MR) is 55.7 cm³/mol. The maximum absolute atomic E-state index is 5.75. The van der Waals surface area contributed by atoms with E-state index in [0.717, 1.165) is 11.7 Å². The summed E-state index contributed by atoms with van der Waals surface area (Å²) in [7, 11) is 1.84. The lowest BCUT2D eigenvalue weighted by Crippen LogP contribution is -2.38. The van der Waals surface area contributed by atoms with Crippen LogP contribution in [0.4, 0.5) is 0 Å². The lowest BCUT2D eigenvalue weighted by Gasteiger charge is -2.19. The summed E-state index contributed by atoms with van der Waals surface area (Å²) < 4.78 is 5.75. The number of fused-ring (bicyclic) bond motifs is 2. The maximum atomic E-state index is 5.75. The molecule has 74 valence electrons. The molecule has 0 spiro atoms. The van der Waals surface area contributed by atoms with Crippen molar-refractivity contribution in [2.45, 2.75) is 31.5 Å². The molecule has 0 aromatic rings. The third-order valence-electron chi connectivity index (χ3n) is 2.98. The van der Waals surface area contributed by atoms with Crippen LogP contribution in [0.2, 0.25) is 0 Å². The summed E-state index contributed by atoms with van der Waals surface area (Å²) in [5.74, 6) is 0.671. The molecule has 0 aliphatic carbocycles. The van der Waals surface area contributed by atoms with Gasteiger partial charge in [0.15, 0.2) is 5.11 Å². The minimum Gasteiger partial charge on any atom is -0.375 e. The number of rotatable bonds is 2. The van der Waals surface area contributed by atoms with Crippen molar-refractivity contribution in [1.29, 1.82) is 0 Å². The van der Waals surface area contributed by atoms with Crippen LogP contribution in [0, 0.1) is 5.92 Å². The molecule has 2 heterocycles. The van der Waals surface area contributed by atoms with Gasteiger partial charge in [-0.05, 0) is 31.5 Å². The van der Waals surface area contributed by atoms with E-state index in [-0.39, 0.29) is 0 Å². The number of nitrogens with one attached hydrogen (secondary N) is 2. The molecule has 2 fully saturated rings. The molecule has 4 heteroatoms. The highest BCUT2D eigenvalue weighted by molar-refractivity contribution is 7.80. The Morgan fingerprint density at radius 3 is 2.92 bits per heavy atom. The first-order valence-electron chi connectivity index (χ1n) is 4.90. The molecule has 2 N–H and O–H groups in total. The van der Waals surface area contributed by atoms with E-state index in [2.05, 4.69) is 10.6 Å². The summed E-state index contributed by atoms with van der Waals surface area (Å²) in [6.45, 7) is 0.959. The average molecular weight is 200 g/mol. The van der Waals surface area contributed by atoms with Crippen LogP contribution in [0.3, 0.4) is 0 Å². The number of hydrogen-bond acceptors (Lipinski definition) is 2. The minimum atomic E-state index is 0.497. The Hall–Kier alpha value is -0.350. The van der Waals surface area contributed by atoms with Crippen molar-refractivity contribution in [2.24, 2.45) is 5.92 Å². The normalized spacial score (nSPS) is 36.2. The van der Waals surface area contributed by atoms with E-state index in [1.807, 2.05) is 7.05 Å². The Morgan fingerprint density at radius 1 is 1.54 bits per heavy atom. The van der Waals surface area contributed by atoms with Crippen LogP contribution in [0.25, 0.3) is 0 Å². The van der Waals surface area contributed by atoms with Gasteiger partial charge in [0, 0.05) is 19.5 Å².